The van der Waals surface area contributed by atoms with E-state index in [1.165, 1.54) is 0 Å². The monoisotopic (exact) mass is 377 g/mol. The smallest absolute Gasteiger partial charge is 0.410 e. The summed E-state index contributed by atoms with van der Waals surface area (Å²) in [4.78, 5) is 26.5. The van der Waals surface area contributed by atoms with Gasteiger partial charge >= 0.3 is 12.1 Å². The molecule has 2 rings (SSSR count). The molecular weight excluding hydrogens is 342 g/mol. The van der Waals surface area contributed by atoms with Crippen LogP contribution in [0.25, 0.3) is 0 Å². The van der Waals surface area contributed by atoms with Crippen molar-refractivity contribution in [1.82, 2.24) is 4.90 Å². The zero-order valence-electron chi connectivity index (χ0n) is 17.7. The van der Waals surface area contributed by atoms with Crippen molar-refractivity contribution in [3.8, 4) is 0 Å². The molecular formula is C22H35NO4. The number of likely N-dealkylation sites (tertiary alicyclic amines) is 1. The van der Waals surface area contributed by atoms with Gasteiger partial charge in [0.25, 0.3) is 0 Å². The molecule has 1 saturated heterocycles. The van der Waals surface area contributed by atoms with Gasteiger partial charge in [0.15, 0.2) is 0 Å². The Hall–Kier alpha value is -2.04. The number of esters is 1. The summed E-state index contributed by atoms with van der Waals surface area (Å²) in [6, 6.07) is 9.68. The van der Waals surface area contributed by atoms with Crippen LogP contribution in [0.15, 0.2) is 30.3 Å². The van der Waals surface area contributed by atoms with E-state index in [-0.39, 0.29) is 18.7 Å². The highest BCUT2D eigenvalue weighted by molar-refractivity contribution is 5.77. The second kappa shape index (κ2) is 10.3. The van der Waals surface area contributed by atoms with Crippen molar-refractivity contribution < 1.29 is 19.1 Å². The molecule has 1 aliphatic heterocycles. The number of nitrogens with zero attached hydrogens (tertiary/aromatic N) is 1. The van der Waals surface area contributed by atoms with E-state index >= 15 is 0 Å². The zero-order valence-corrected chi connectivity index (χ0v) is 17.7. The Balaban J connectivity index is 0.00000176. The molecule has 0 atom stereocenters. The van der Waals surface area contributed by atoms with Crippen LogP contribution in [-0.4, -0.2) is 35.7 Å². The largest absolute Gasteiger partial charge is 0.460 e. The van der Waals surface area contributed by atoms with E-state index in [0.29, 0.717) is 32.4 Å². The number of hydrogen-bond donors (Lipinski definition) is 0. The van der Waals surface area contributed by atoms with Crippen LogP contribution in [0, 0.1) is 5.41 Å². The molecule has 1 aromatic carbocycles. The predicted molar refractivity (Wildman–Crippen MR) is 107 cm³/mol. The Labute approximate surface area is 164 Å². The Morgan fingerprint density at radius 2 is 1.63 bits per heavy atom. The molecule has 0 bridgehead atoms. The van der Waals surface area contributed by atoms with E-state index in [9.17, 15) is 9.59 Å². The van der Waals surface area contributed by atoms with E-state index in [4.69, 9.17) is 9.47 Å². The second-order valence-electron chi connectivity index (χ2n) is 7.66. The second-order valence-corrected chi connectivity index (χ2v) is 7.66. The molecule has 0 aromatic heterocycles. The first-order chi connectivity index (χ1) is 12.8. The van der Waals surface area contributed by atoms with Gasteiger partial charge in [-0.15, -0.1) is 0 Å². The molecule has 1 aliphatic rings. The first-order valence-corrected chi connectivity index (χ1v) is 9.95. The van der Waals surface area contributed by atoms with Crippen LogP contribution in [0.2, 0.25) is 0 Å². The summed E-state index contributed by atoms with van der Waals surface area (Å²) >= 11 is 0. The predicted octanol–water partition coefficient (Wildman–Crippen LogP) is 5.18. The van der Waals surface area contributed by atoms with Gasteiger partial charge in [-0.25, -0.2) is 4.79 Å². The van der Waals surface area contributed by atoms with Gasteiger partial charge in [-0.05, 0) is 45.6 Å². The minimum Gasteiger partial charge on any atom is -0.460 e. The standard InChI is InChI=1S/C20H29NO4.C2H6/c1-5-20(17(22)24-15-16-9-7-6-8-10-16)11-13-21(14-12-20)18(23)25-19(2,3)4;1-2/h6-10H,5,11-15H2,1-4H3;1-2H3. The molecule has 0 N–H and O–H groups in total. The lowest BCUT2D eigenvalue weighted by molar-refractivity contribution is -0.160. The highest BCUT2D eigenvalue weighted by Gasteiger charge is 2.42. The Kier molecular flexibility index (Phi) is 8.80. The fraction of sp³-hybridized carbons (Fsp3) is 0.636. The first kappa shape index (κ1) is 23.0. The molecule has 0 aliphatic carbocycles. The number of rotatable bonds is 4. The van der Waals surface area contributed by atoms with E-state index in [0.717, 1.165) is 5.56 Å². The van der Waals surface area contributed by atoms with Gasteiger partial charge in [0.2, 0.25) is 0 Å². The molecule has 0 radical (unpaired) electrons. The average Bonchev–Trinajstić information content (AvgIpc) is 2.67. The maximum Gasteiger partial charge on any atom is 0.410 e. The van der Waals surface area contributed by atoms with Crippen molar-refractivity contribution in [2.75, 3.05) is 13.1 Å². The Morgan fingerprint density at radius 1 is 1.07 bits per heavy atom. The van der Waals surface area contributed by atoms with Crippen LogP contribution < -0.4 is 0 Å². The maximum atomic E-state index is 12.7. The summed E-state index contributed by atoms with van der Waals surface area (Å²) in [5.74, 6) is -0.164. The molecule has 1 amide bonds. The number of amides is 1. The molecule has 0 saturated carbocycles. The van der Waals surface area contributed by atoms with Crippen molar-refractivity contribution >= 4 is 12.1 Å². The summed E-state index contributed by atoms with van der Waals surface area (Å²) in [6.45, 7) is 12.9. The number of ether oxygens (including phenoxy) is 2. The quantitative estimate of drug-likeness (QED) is 0.678. The highest BCUT2D eigenvalue weighted by atomic mass is 16.6. The fourth-order valence-corrected chi connectivity index (χ4v) is 3.02. The average molecular weight is 378 g/mol. The van der Waals surface area contributed by atoms with Gasteiger partial charge in [0.1, 0.15) is 12.2 Å². The van der Waals surface area contributed by atoms with Crippen molar-refractivity contribution in [2.24, 2.45) is 5.41 Å². The summed E-state index contributed by atoms with van der Waals surface area (Å²) < 4.78 is 11.0. The Bertz CT molecular complexity index is 584. The lowest BCUT2D eigenvalue weighted by Gasteiger charge is -2.39. The van der Waals surface area contributed by atoms with Gasteiger partial charge in [-0.2, -0.15) is 0 Å². The molecule has 1 aromatic rings. The van der Waals surface area contributed by atoms with Crippen LogP contribution in [0.1, 0.15) is 66.4 Å². The molecule has 1 heterocycles. The van der Waals surface area contributed by atoms with Crippen molar-refractivity contribution in [3.05, 3.63) is 35.9 Å². The normalized spacial score (nSPS) is 16.0. The van der Waals surface area contributed by atoms with E-state index in [1.807, 2.05) is 71.9 Å². The third-order valence-corrected chi connectivity index (χ3v) is 4.69. The number of carbonyl (C=O) groups excluding carboxylic acids is 2. The van der Waals surface area contributed by atoms with Gasteiger partial charge in [0, 0.05) is 13.1 Å². The van der Waals surface area contributed by atoms with Gasteiger partial charge in [-0.1, -0.05) is 51.1 Å². The van der Waals surface area contributed by atoms with Crippen molar-refractivity contribution in [2.45, 2.75) is 73.0 Å². The van der Waals surface area contributed by atoms with Gasteiger partial charge in [-0.3, -0.25) is 4.79 Å². The summed E-state index contributed by atoms with van der Waals surface area (Å²) in [6.07, 6.45) is 1.62. The van der Waals surface area contributed by atoms with Crippen molar-refractivity contribution in [3.63, 3.8) is 0 Å². The number of piperidine rings is 1. The molecule has 0 unspecified atom stereocenters. The maximum absolute atomic E-state index is 12.7. The van der Waals surface area contributed by atoms with E-state index < -0.39 is 11.0 Å². The molecule has 5 heteroatoms. The lowest BCUT2D eigenvalue weighted by Crippen LogP contribution is -2.48. The summed E-state index contributed by atoms with van der Waals surface area (Å²) in [5.41, 5.74) is -0.0357. The van der Waals surface area contributed by atoms with Crippen LogP contribution in [0.5, 0.6) is 0 Å². The fourth-order valence-electron chi connectivity index (χ4n) is 3.02. The molecule has 0 spiro atoms. The van der Waals surface area contributed by atoms with Crippen LogP contribution >= 0.6 is 0 Å². The SMILES string of the molecule is CC.CCC1(C(=O)OCc2ccccc2)CCN(C(=O)OC(C)(C)C)CC1. The molecule has 27 heavy (non-hydrogen) atoms. The van der Waals surface area contributed by atoms with Gasteiger partial charge < -0.3 is 14.4 Å². The first-order valence-electron chi connectivity index (χ1n) is 9.95. The zero-order chi connectivity index (χ0) is 20.5. The minimum absolute atomic E-state index is 0.164. The van der Waals surface area contributed by atoms with Crippen LogP contribution in [-0.2, 0) is 20.9 Å². The minimum atomic E-state index is -0.509. The third-order valence-electron chi connectivity index (χ3n) is 4.69. The topological polar surface area (TPSA) is 55.8 Å². The van der Waals surface area contributed by atoms with Crippen molar-refractivity contribution in [1.29, 1.82) is 0 Å². The highest BCUT2D eigenvalue weighted by Crippen LogP contribution is 2.37. The molecule has 152 valence electrons. The van der Waals surface area contributed by atoms with E-state index in [1.54, 1.807) is 4.90 Å². The van der Waals surface area contributed by atoms with Crippen LogP contribution in [0.4, 0.5) is 4.79 Å². The number of benzene rings is 1. The summed E-state index contributed by atoms with van der Waals surface area (Å²) in [7, 11) is 0. The molecule has 1 fully saturated rings. The Morgan fingerprint density at radius 3 is 2.11 bits per heavy atom. The van der Waals surface area contributed by atoms with Gasteiger partial charge in [0.05, 0.1) is 5.41 Å². The number of hydrogen-bond acceptors (Lipinski definition) is 4. The lowest BCUT2D eigenvalue weighted by atomic mass is 9.76. The third kappa shape index (κ3) is 6.89. The summed E-state index contributed by atoms with van der Waals surface area (Å²) in [5, 5.41) is 0. The molecule has 5 nitrogen and oxygen atoms in total. The van der Waals surface area contributed by atoms with Crippen LogP contribution in [0.3, 0.4) is 0 Å². The number of carbonyl (C=O) groups is 2. The van der Waals surface area contributed by atoms with E-state index in [2.05, 4.69) is 0 Å².